The summed E-state index contributed by atoms with van der Waals surface area (Å²) in [4.78, 5) is 14.1. The van der Waals surface area contributed by atoms with Crippen LogP contribution in [0.5, 0.6) is 0 Å². The smallest absolute Gasteiger partial charge is 0.399 e. The second kappa shape index (κ2) is 7.02. The van der Waals surface area contributed by atoms with Crippen LogP contribution >= 0.6 is 0 Å². The van der Waals surface area contributed by atoms with Gasteiger partial charge in [0.2, 0.25) is 0 Å². The molecular weight excluding hydrogens is 377 g/mol. The van der Waals surface area contributed by atoms with Gasteiger partial charge in [0.1, 0.15) is 5.82 Å². The lowest BCUT2D eigenvalue weighted by Gasteiger charge is -2.33. The van der Waals surface area contributed by atoms with Gasteiger partial charge in [-0.3, -0.25) is 4.79 Å². The van der Waals surface area contributed by atoms with E-state index in [9.17, 15) is 22.4 Å². The summed E-state index contributed by atoms with van der Waals surface area (Å²) in [5.74, 6) is -2.37. The van der Waals surface area contributed by atoms with Crippen molar-refractivity contribution in [1.29, 1.82) is 0 Å². The molecule has 1 aromatic carbocycles. The van der Waals surface area contributed by atoms with Crippen LogP contribution in [0.1, 0.15) is 50.9 Å². The van der Waals surface area contributed by atoms with Crippen LogP contribution in [0.25, 0.3) is 0 Å². The predicted molar refractivity (Wildman–Crippen MR) is 96.8 cm³/mol. The third-order valence-electron chi connectivity index (χ3n) is 6.00. The molecule has 28 heavy (non-hydrogen) atoms. The molecule has 4 nitrogen and oxygen atoms in total. The Labute approximate surface area is 162 Å². The maximum atomic E-state index is 14.4. The lowest BCUT2D eigenvalue weighted by molar-refractivity contribution is -0.183. The predicted octanol–water partition coefficient (Wildman–Crippen LogP) is 3.54. The minimum absolute atomic E-state index is 0.0201. The molecule has 2 aliphatic rings. The van der Waals surface area contributed by atoms with E-state index in [0.29, 0.717) is 0 Å². The summed E-state index contributed by atoms with van der Waals surface area (Å²) in [6.07, 6.45) is -4.49. The number of nitrogens with zero attached hydrogens (tertiary/aromatic N) is 1. The van der Waals surface area contributed by atoms with E-state index in [-0.39, 0.29) is 37.0 Å². The molecule has 154 valence electrons. The van der Waals surface area contributed by atoms with E-state index < -0.39 is 42.1 Å². The highest BCUT2D eigenvalue weighted by Crippen LogP contribution is 2.37. The molecule has 0 atom stereocenters. The number of rotatable bonds is 2. The molecule has 2 saturated heterocycles. The van der Waals surface area contributed by atoms with E-state index in [0.717, 1.165) is 6.07 Å². The fourth-order valence-corrected chi connectivity index (χ4v) is 3.42. The van der Waals surface area contributed by atoms with Crippen molar-refractivity contribution >= 4 is 18.5 Å². The Morgan fingerprint density at radius 3 is 2.14 bits per heavy atom. The Morgan fingerprint density at radius 2 is 1.64 bits per heavy atom. The molecule has 0 aliphatic carbocycles. The first-order valence-electron chi connectivity index (χ1n) is 9.33. The van der Waals surface area contributed by atoms with Crippen LogP contribution in [0.15, 0.2) is 18.2 Å². The second-order valence-corrected chi connectivity index (χ2v) is 8.43. The Kier molecular flexibility index (Phi) is 5.29. The van der Waals surface area contributed by atoms with Crippen molar-refractivity contribution in [3.05, 3.63) is 29.6 Å². The SMILES string of the molecule is CC1(C)OB(c2cc(C(=O)N3CCC(C(F)(F)F)CC3)ccc2F)OC1(C)C. The summed E-state index contributed by atoms with van der Waals surface area (Å²) in [7, 11) is -0.964. The topological polar surface area (TPSA) is 38.8 Å². The quantitative estimate of drug-likeness (QED) is 0.562. The second-order valence-electron chi connectivity index (χ2n) is 8.43. The number of piperidine rings is 1. The summed E-state index contributed by atoms with van der Waals surface area (Å²) < 4.78 is 64.5. The van der Waals surface area contributed by atoms with Crippen LogP contribution in [0, 0.1) is 11.7 Å². The minimum atomic E-state index is -4.24. The number of hydrogen-bond acceptors (Lipinski definition) is 3. The maximum absolute atomic E-state index is 14.4. The molecule has 0 bridgehead atoms. The highest BCUT2D eigenvalue weighted by atomic mass is 19.4. The van der Waals surface area contributed by atoms with Crippen LogP contribution in [0.2, 0.25) is 0 Å². The van der Waals surface area contributed by atoms with Crippen molar-refractivity contribution < 1.29 is 31.7 Å². The lowest BCUT2D eigenvalue weighted by atomic mass is 9.77. The number of hydrogen-bond donors (Lipinski definition) is 0. The summed E-state index contributed by atoms with van der Waals surface area (Å²) in [5.41, 5.74) is -1.01. The molecule has 0 aromatic heterocycles. The Hall–Kier alpha value is -1.61. The number of alkyl halides is 3. The highest BCUT2D eigenvalue weighted by Gasteiger charge is 2.52. The van der Waals surface area contributed by atoms with Gasteiger partial charge in [0, 0.05) is 24.1 Å². The van der Waals surface area contributed by atoms with Crippen molar-refractivity contribution in [3.8, 4) is 0 Å². The van der Waals surface area contributed by atoms with Crippen molar-refractivity contribution in [2.24, 2.45) is 5.92 Å². The maximum Gasteiger partial charge on any atom is 0.497 e. The van der Waals surface area contributed by atoms with Gasteiger partial charge in [-0.25, -0.2) is 4.39 Å². The Morgan fingerprint density at radius 1 is 1.11 bits per heavy atom. The van der Waals surface area contributed by atoms with Crippen molar-refractivity contribution in [2.75, 3.05) is 13.1 Å². The number of carbonyl (C=O) groups excluding carboxylic acids is 1. The first-order valence-corrected chi connectivity index (χ1v) is 9.33. The molecule has 0 saturated carbocycles. The zero-order valence-corrected chi connectivity index (χ0v) is 16.4. The Balaban J connectivity index is 1.76. The largest absolute Gasteiger partial charge is 0.497 e. The molecule has 2 fully saturated rings. The van der Waals surface area contributed by atoms with E-state index >= 15 is 0 Å². The summed E-state index contributed by atoms with van der Waals surface area (Å²) in [5, 5.41) is 0. The van der Waals surface area contributed by atoms with Gasteiger partial charge < -0.3 is 14.2 Å². The molecular formula is C19H24BF4NO3. The molecule has 1 amide bonds. The molecule has 2 heterocycles. The number of carbonyl (C=O) groups is 1. The van der Waals surface area contributed by atoms with Gasteiger partial charge in [0.05, 0.1) is 17.1 Å². The molecule has 0 unspecified atom stereocenters. The van der Waals surface area contributed by atoms with E-state index in [1.54, 1.807) is 0 Å². The van der Waals surface area contributed by atoms with Gasteiger partial charge in [-0.1, -0.05) is 0 Å². The van der Waals surface area contributed by atoms with Crippen LogP contribution in [-0.4, -0.2) is 48.4 Å². The summed E-state index contributed by atoms with van der Waals surface area (Å²) >= 11 is 0. The van der Waals surface area contributed by atoms with Crippen LogP contribution in [-0.2, 0) is 9.31 Å². The minimum Gasteiger partial charge on any atom is -0.399 e. The third-order valence-corrected chi connectivity index (χ3v) is 6.00. The van der Waals surface area contributed by atoms with Crippen LogP contribution < -0.4 is 5.46 Å². The number of benzene rings is 1. The molecule has 1 aromatic rings. The number of halogens is 4. The zero-order valence-electron chi connectivity index (χ0n) is 16.4. The van der Waals surface area contributed by atoms with E-state index in [1.165, 1.54) is 17.0 Å². The Bertz CT molecular complexity index is 742. The molecule has 0 N–H and O–H groups in total. The summed E-state index contributed by atoms with van der Waals surface area (Å²) in [6, 6.07) is 3.87. The van der Waals surface area contributed by atoms with Gasteiger partial charge in [-0.05, 0) is 58.7 Å². The molecule has 2 aliphatic heterocycles. The number of amides is 1. The zero-order chi connectivity index (χ0) is 20.9. The van der Waals surface area contributed by atoms with E-state index in [4.69, 9.17) is 9.31 Å². The van der Waals surface area contributed by atoms with Crippen molar-refractivity contribution in [3.63, 3.8) is 0 Å². The van der Waals surface area contributed by atoms with Gasteiger partial charge in [0.15, 0.2) is 0 Å². The first-order chi connectivity index (χ1) is 12.8. The van der Waals surface area contributed by atoms with E-state index in [2.05, 4.69) is 0 Å². The number of likely N-dealkylation sites (tertiary alicyclic amines) is 1. The molecule has 0 radical (unpaired) electrons. The van der Waals surface area contributed by atoms with Crippen LogP contribution in [0.4, 0.5) is 17.6 Å². The fourth-order valence-electron chi connectivity index (χ4n) is 3.42. The van der Waals surface area contributed by atoms with E-state index in [1.807, 2.05) is 27.7 Å². The monoisotopic (exact) mass is 401 g/mol. The molecule has 0 spiro atoms. The van der Waals surface area contributed by atoms with Gasteiger partial charge in [-0.15, -0.1) is 0 Å². The lowest BCUT2D eigenvalue weighted by Crippen LogP contribution is -2.43. The average Bonchev–Trinajstić information content (AvgIpc) is 2.81. The van der Waals surface area contributed by atoms with Gasteiger partial charge in [-0.2, -0.15) is 13.2 Å². The molecule has 3 rings (SSSR count). The van der Waals surface area contributed by atoms with Crippen molar-refractivity contribution in [2.45, 2.75) is 57.9 Å². The normalized spacial score (nSPS) is 22.6. The first kappa shape index (κ1) is 21.1. The average molecular weight is 401 g/mol. The summed E-state index contributed by atoms with van der Waals surface area (Å²) in [6.45, 7) is 7.39. The standard InChI is InChI=1S/C19H24BF4NO3/c1-17(2)18(3,4)28-20(27-17)14-11-12(5-6-15(14)21)16(26)25-9-7-13(8-10-25)19(22,23)24/h5-6,11,13H,7-10H2,1-4H3. The fraction of sp³-hybridized carbons (Fsp3) is 0.632. The molecule has 9 heteroatoms. The van der Waals surface area contributed by atoms with Crippen LogP contribution in [0.3, 0.4) is 0 Å². The van der Waals surface area contributed by atoms with Gasteiger partial charge >= 0.3 is 13.3 Å². The highest BCUT2D eigenvalue weighted by molar-refractivity contribution is 6.62. The van der Waals surface area contributed by atoms with Crippen molar-refractivity contribution in [1.82, 2.24) is 4.90 Å². The third kappa shape index (κ3) is 3.92. The van der Waals surface area contributed by atoms with Gasteiger partial charge in [0.25, 0.3) is 5.91 Å².